The molecule has 1 atom stereocenters. The van der Waals surface area contributed by atoms with Crippen molar-refractivity contribution in [2.24, 2.45) is 5.92 Å². The Morgan fingerprint density at radius 2 is 1.81 bits per heavy atom. The molecule has 0 bridgehead atoms. The minimum atomic E-state index is -0.0781. The van der Waals surface area contributed by atoms with Gasteiger partial charge in [0.15, 0.2) is 6.29 Å². The van der Waals surface area contributed by atoms with Gasteiger partial charge in [-0.05, 0) is 67.5 Å². The van der Waals surface area contributed by atoms with Crippen molar-refractivity contribution in [2.75, 3.05) is 25.0 Å². The molecular weight excluding hydrogens is 452 g/mol. The lowest BCUT2D eigenvalue weighted by Gasteiger charge is -2.37. The molecule has 1 N–H and O–H groups in total. The Hall–Kier alpha value is -4.05. The summed E-state index contributed by atoms with van der Waals surface area (Å²) in [5.41, 5.74) is 2.13. The number of rotatable bonds is 5. The Labute approximate surface area is 211 Å². The molecule has 2 aliphatic rings. The Kier molecular flexibility index (Phi) is 7.03. The average Bonchev–Trinajstić information content (AvgIpc) is 3.31. The largest absolute Gasteiger partial charge is 0.457 e. The first-order valence-electron chi connectivity index (χ1n) is 12.6. The third-order valence-corrected chi connectivity index (χ3v) is 6.96. The van der Waals surface area contributed by atoms with Crippen LogP contribution in [0.3, 0.4) is 0 Å². The molecule has 5 rings (SSSR count). The van der Waals surface area contributed by atoms with E-state index in [-0.39, 0.29) is 11.9 Å². The number of benzene rings is 2. The molecule has 2 aromatic carbocycles. The zero-order valence-electron chi connectivity index (χ0n) is 20.4. The number of aromatic nitrogens is 2. The zero-order chi connectivity index (χ0) is 24.9. The summed E-state index contributed by atoms with van der Waals surface area (Å²) >= 11 is 0. The lowest BCUT2D eigenvalue weighted by Crippen LogP contribution is -2.41. The van der Waals surface area contributed by atoms with Gasteiger partial charge in [0.1, 0.15) is 23.0 Å². The van der Waals surface area contributed by atoms with E-state index in [1.165, 1.54) is 0 Å². The molecule has 3 aromatic rings. The van der Waals surface area contributed by atoms with E-state index in [9.17, 15) is 9.59 Å². The number of hydrogen-bond acceptors (Lipinski definition) is 5. The smallest absolute Gasteiger partial charge is 0.298 e. The Morgan fingerprint density at radius 1 is 1.08 bits per heavy atom. The molecule has 7 heteroatoms. The van der Waals surface area contributed by atoms with Crippen LogP contribution in [-0.2, 0) is 4.79 Å². The SMILES string of the molecule is CCC#CC(=O)N1CCC([C@@H]2CCNc3c(C=O)c(-c4ccc(Oc5ccccc5)cc4)nn32)CC1. The van der Waals surface area contributed by atoms with E-state index in [0.29, 0.717) is 36.7 Å². The van der Waals surface area contributed by atoms with Crippen LogP contribution < -0.4 is 10.1 Å². The van der Waals surface area contributed by atoms with E-state index >= 15 is 0 Å². The second-order valence-electron chi connectivity index (χ2n) is 9.18. The lowest BCUT2D eigenvalue weighted by molar-refractivity contribution is -0.126. The minimum Gasteiger partial charge on any atom is -0.457 e. The lowest BCUT2D eigenvalue weighted by atomic mass is 9.87. The number of carbonyl (C=O) groups excluding carboxylic acids is 2. The maximum Gasteiger partial charge on any atom is 0.298 e. The van der Waals surface area contributed by atoms with Crippen molar-refractivity contribution in [3.05, 3.63) is 60.2 Å². The Morgan fingerprint density at radius 3 is 2.50 bits per heavy atom. The fraction of sp³-hybridized carbons (Fsp3) is 0.345. The van der Waals surface area contributed by atoms with Gasteiger partial charge in [0.25, 0.3) is 5.91 Å². The number of aldehydes is 1. The van der Waals surface area contributed by atoms with Crippen LogP contribution >= 0.6 is 0 Å². The number of ether oxygens (including phenoxy) is 1. The second-order valence-corrected chi connectivity index (χ2v) is 9.18. The van der Waals surface area contributed by atoms with E-state index < -0.39 is 0 Å². The summed E-state index contributed by atoms with van der Waals surface area (Å²) in [6, 6.07) is 17.5. The molecule has 1 saturated heterocycles. The average molecular weight is 483 g/mol. The van der Waals surface area contributed by atoms with E-state index in [1.54, 1.807) is 0 Å². The molecule has 1 fully saturated rings. The summed E-state index contributed by atoms with van der Waals surface area (Å²) in [7, 11) is 0. The fourth-order valence-electron chi connectivity index (χ4n) is 5.12. The summed E-state index contributed by atoms with van der Waals surface area (Å²) in [6.07, 6.45) is 4.32. The summed E-state index contributed by atoms with van der Waals surface area (Å²) in [5.74, 6) is 8.20. The first-order chi connectivity index (χ1) is 17.7. The Balaban J connectivity index is 1.34. The van der Waals surface area contributed by atoms with Gasteiger partial charge >= 0.3 is 0 Å². The van der Waals surface area contributed by atoms with Gasteiger partial charge in [-0.1, -0.05) is 31.0 Å². The number of carbonyl (C=O) groups is 2. The summed E-state index contributed by atoms with van der Waals surface area (Å²) in [4.78, 5) is 26.3. The predicted octanol–water partition coefficient (Wildman–Crippen LogP) is 5.16. The van der Waals surface area contributed by atoms with Crippen LogP contribution in [0.4, 0.5) is 5.82 Å². The van der Waals surface area contributed by atoms with E-state index in [2.05, 4.69) is 17.2 Å². The first kappa shape index (κ1) is 23.7. The van der Waals surface area contributed by atoms with Crippen LogP contribution in [0, 0.1) is 17.8 Å². The molecule has 0 unspecified atom stereocenters. The number of nitrogens with one attached hydrogen (secondary N) is 1. The van der Waals surface area contributed by atoms with Crippen molar-refractivity contribution in [1.82, 2.24) is 14.7 Å². The van der Waals surface area contributed by atoms with Gasteiger partial charge in [-0.15, -0.1) is 0 Å². The maximum absolute atomic E-state index is 12.3. The molecule has 0 saturated carbocycles. The van der Waals surface area contributed by atoms with Crippen molar-refractivity contribution >= 4 is 18.0 Å². The highest BCUT2D eigenvalue weighted by Gasteiger charge is 2.34. The van der Waals surface area contributed by atoms with Crippen LogP contribution in [0.1, 0.15) is 49.0 Å². The quantitative estimate of drug-likeness (QED) is 0.401. The van der Waals surface area contributed by atoms with Crippen molar-refractivity contribution in [1.29, 1.82) is 0 Å². The topological polar surface area (TPSA) is 76.5 Å². The van der Waals surface area contributed by atoms with Crippen molar-refractivity contribution in [2.45, 2.75) is 38.6 Å². The molecule has 184 valence electrons. The van der Waals surface area contributed by atoms with E-state index in [0.717, 1.165) is 55.0 Å². The molecule has 1 aromatic heterocycles. The highest BCUT2D eigenvalue weighted by atomic mass is 16.5. The molecule has 2 aliphatic heterocycles. The number of piperidine rings is 1. The fourth-order valence-corrected chi connectivity index (χ4v) is 5.12. The Bertz CT molecular complexity index is 1280. The molecule has 3 heterocycles. The van der Waals surface area contributed by atoms with E-state index in [1.807, 2.05) is 71.1 Å². The first-order valence-corrected chi connectivity index (χ1v) is 12.6. The molecular formula is C29H30N4O3. The standard InChI is InChI=1S/C29H30N4O3/c1-2-3-9-27(35)32-18-15-21(16-19-32)26-14-17-30-29-25(20-34)28(31-33(26)29)22-10-12-24(13-11-22)36-23-7-5-4-6-8-23/h4-8,10-13,20-21,26,30H,2,14-19H2,1H3/t26-/m0/s1. The van der Waals surface area contributed by atoms with E-state index in [4.69, 9.17) is 9.84 Å². The number of fused-ring (bicyclic) bond motifs is 1. The molecule has 0 aliphatic carbocycles. The number of anilines is 1. The zero-order valence-corrected chi connectivity index (χ0v) is 20.4. The number of likely N-dealkylation sites (tertiary alicyclic amines) is 1. The second kappa shape index (κ2) is 10.7. The number of hydrogen-bond donors (Lipinski definition) is 1. The monoisotopic (exact) mass is 482 g/mol. The van der Waals surface area contributed by atoms with Crippen molar-refractivity contribution in [3.63, 3.8) is 0 Å². The van der Waals surface area contributed by atoms with Crippen LogP contribution in [-0.4, -0.2) is 46.5 Å². The highest BCUT2D eigenvalue weighted by molar-refractivity contribution is 5.93. The van der Waals surface area contributed by atoms with Crippen LogP contribution in [0.2, 0.25) is 0 Å². The van der Waals surface area contributed by atoms with Gasteiger partial charge in [-0.2, -0.15) is 5.10 Å². The summed E-state index contributed by atoms with van der Waals surface area (Å²) in [6.45, 7) is 4.15. The van der Waals surface area contributed by atoms with Gasteiger partial charge < -0.3 is 15.0 Å². The number of para-hydroxylation sites is 1. The summed E-state index contributed by atoms with van der Waals surface area (Å²) < 4.78 is 7.92. The van der Waals surface area contributed by atoms with Gasteiger partial charge in [0.2, 0.25) is 0 Å². The summed E-state index contributed by atoms with van der Waals surface area (Å²) in [5, 5.41) is 8.33. The molecule has 0 spiro atoms. The number of nitrogens with zero attached hydrogens (tertiary/aromatic N) is 3. The van der Waals surface area contributed by atoms with Crippen LogP contribution in [0.25, 0.3) is 11.3 Å². The van der Waals surface area contributed by atoms with Gasteiger partial charge in [-0.3, -0.25) is 9.59 Å². The number of amides is 1. The third kappa shape index (κ3) is 4.85. The molecule has 7 nitrogen and oxygen atoms in total. The molecule has 0 radical (unpaired) electrons. The highest BCUT2D eigenvalue weighted by Crippen LogP contribution is 2.39. The molecule has 36 heavy (non-hydrogen) atoms. The maximum atomic E-state index is 12.3. The predicted molar refractivity (Wildman–Crippen MR) is 139 cm³/mol. The third-order valence-electron chi connectivity index (χ3n) is 6.96. The minimum absolute atomic E-state index is 0.0781. The van der Waals surface area contributed by atoms with Crippen molar-refractivity contribution < 1.29 is 14.3 Å². The van der Waals surface area contributed by atoms with Gasteiger partial charge in [0, 0.05) is 31.6 Å². The normalized spacial score (nSPS) is 17.4. The van der Waals surface area contributed by atoms with Gasteiger partial charge in [-0.25, -0.2) is 4.68 Å². The van der Waals surface area contributed by atoms with Crippen LogP contribution in [0.5, 0.6) is 11.5 Å². The van der Waals surface area contributed by atoms with Crippen LogP contribution in [0.15, 0.2) is 54.6 Å². The molecule has 1 amide bonds. The van der Waals surface area contributed by atoms with Gasteiger partial charge in [0.05, 0.1) is 11.6 Å². The van der Waals surface area contributed by atoms with Crippen molar-refractivity contribution in [3.8, 4) is 34.6 Å².